The highest BCUT2D eigenvalue weighted by molar-refractivity contribution is 6.03. The van der Waals surface area contributed by atoms with Crippen molar-refractivity contribution in [1.29, 1.82) is 0 Å². The number of hydrogen-bond donors (Lipinski definition) is 3. The lowest BCUT2D eigenvalue weighted by Gasteiger charge is -2.37. The van der Waals surface area contributed by atoms with Crippen molar-refractivity contribution in [1.82, 2.24) is 9.88 Å². The van der Waals surface area contributed by atoms with Gasteiger partial charge in [0.1, 0.15) is 17.1 Å². The van der Waals surface area contributed by atoms with Crippen molar-refractivity contribution in [3.8, 4) is 0 Å². The Morgan fingerprint density at radius 2 is 2.11 bits per heavy atom. The van der Waals surface area contributed by atoms with Crippen LogP contribution >= 0.6 is 0 Å². The topological polar surface area (TPSA) is 121 Å². The first-order chi connectivity index (χ1) is 12.7. The largest absolute Gasteiger partial charge is 0.380 e. The first-order valence-corrected chi connectivity index (χ1v) is 8.07. The molecule has 0 aliphatic carbocycles. The first-order valence-electron chi connectivity index (χ1n) is 8.07. The molecule has 0 spiro atoms. The summed E-state index contributed by atoms with van der Waals surface area (Å²) in [6.45, 7) is 1.40. The van der Waals surface area contributed by atoms with Crippen LogP contribution in [-0.4, -0.2) is 45.9 Å². The highest BCUT2D eigenvalue weighted by atomic mass is 19.1. The summed E-state index contributed by atoms with van der Waals surface area (Å²) in [5, 5.41) is 13.0. The SMILES string of the molecule is CN1C(=O)C(O)[C@@](C)(c2cc(NC(=O)c3ccccn3)ccc2F)N=C1N. The average Bonchev–Trinajstić information content (AvgIpc) is 2.67. The number of nitrogens with two attached hydrogens (primary N) is 1. The number of rotatable bonds is 3. The molecule has 0 radical (unpaired) electrons. The lowest BCUT2D eigenvalue weighted by molar-refractivity contribution is -0.140. The molecule has 0 saturated heterocycles. The van der Waals surface area contributed by atoms with E-state index in [4.69, 9.17) is 5.73 Å². The van der Waals surface area contributed by atoms with Crippen LogP contribution in [-0.2, 0) is 10.3 Å². The fraction of sp³-hybridized carbons (Fsp3) is 0.222. The number of aromatic nitrogens is 1. The fourth-order valence-electron chi connectivity index (χ4n) is 2.80. The fourth-order valence-corrected chi connectivity index (χ4v) is 2.80. The van der Waals surface area contributed by atoms with Gasteiger partial charge in [-0.05, 0) is 37.3 Å². The van der Waals surface area contributed by atoms with Crippen molar-refractivity contribution in [3.05, 3.63) is 59.7 Å². The summed E-state index contributed by atoms with van der Waals surface area (Å²) in [6.07, 6.45) is -0.157. The number of nitrogens with one attached hydrogen (secondary N) is 1. The molecule has 8 nitrogen and oxygen atoms in total. The molecule has 3 rings (SSSR count). The molecule has 1 aliphatic heterocycles. The molecule has 1 unspecified atom stereocenters. The number of hydrogen-bond acceptors (Lipinski definition) is 6. The molecule has 4 N–H and O–H groups in total. The van der Waals surface area contributed by atoms with Gasteiger partial charge in [0, 0.05) is 24.5 Å². The Morgan fingerprint density at radius 1 is 1.37 bits per heavy atom. The van der Waals surface area contributed by atoms with Gasteiger partial charge in [0.25, 0.3) is 11.8 Å². The first kappa shape index (κ1) is 18.5. The van der Waals surface area contributed by atoms with Gasteiger partial charge in [0.2, 0.25) is 0 Å². The molecule has 2 atom stereocenters. The van der Waals surface area contributed by atoms with E-state index in [0.29, 0.717) is 0 Å². The third-order valence-corrected chi connectivity index (χ3v) is 4.45. The number of pyridine rings is 1. The number of benzene rings is 1. The normalized spacial score (nSPS) is 22.4. The maximum absolute atomic E-state index is 14.5. The number of aliphatic imine (C=N–C) groups is 1. The lowest BCUT2D eigenvalue weighted by Crippen LogP contribution is -2.57. The molecule has 1 aromatic carbocycles. The van der Waals surface area contributed by atoms with Crippen LogP contribution in [0.5, 0.6) is 0 Å². The molecule has 1 aliphatic rings. The predicted molar refractivity (Wildman–Crippen MR) is 96.3 cm³/mol. The van der Waals surface area contributed by atoms with Crippen LogP contribution in [0.15, 0.2) is 47.6 Å². The van der Waals surface area contributed by atoms with Crippen molar-refractivity contribution < 1.29 is 19.1 Å². The number of guanidine groups is 1. The van der Waals surface area contributed by atoms with Crippen molar-refractivity contribution in [2.75, 3.05) is 12.4 Å². The molecule has 2 aromatic rings. The number of carbonyl (C=O) groups excluding carboxylic acids is 2. The molecule has 0 fully saturated rings. The van der Waals surface area contributed by atoms with E-state index in [2.05, 4.69) is 15.3 Å². The molecular weight excluding hydrogens is 353 g/mol. The van der Waals surface area contributed by atoms with Crippen LogP contribution < -0.4 is 11.1 Å². The number of anilines is 1. The maximum atomic E-state index is 14.5. The molecule has 27 heavy (non-hydrogen) atoms. The highest BCUT2D eigenvalue weighted by Gasteiger charge is 2.46. The summed E-state index contributed by atoms with van der Waals surface area (Å²) >= 11 is 0. The average molecular weight is 371 g/mol. The van der Waals surface area contributed by atoms with E-state index in [-0.39, 0.29) is 22.9 Å². The number of amides is 2. The van der Waals surface area contributed by atoms with E-state index in [1.807, 2.05) is 0 Å². The molecule has 140 valence electrons. The second-order valence-electron chi connectivity index (χ2n) is 6.28. The van der Waals surface area contributed by atoms with Gasteiger partial charge >= 0.3 is 0 Å². The van der Waals surface area contributed by atoms with Crippen molar-refractivity contribution in [2.45, 2.75) is 18.6 Å². The molecule has 0 saturated carbocycles. The van der Waals surface area contributed by atoms with Gasteiger partial charge in [0.05, 0.1) is 0 Å². The Bertz CT molecular complexity index is 934. The van der Waals surface area contributed by atoms with Crippen LogP contribution in [0, 0.1) is 5.82 Å². The van der Waals surface area contributed by atoms with E-state index in [1.54, 1.807) is 12.1 Å². The summed E-state index contributed by atoms with van der Waals surface area (Å²) in [5.41, 5.74) is 4.47. The minimum atomic E-state index is -1.64. The summed E-state index contributed by atoms with van der Waals surface area (Å²) in [4.78, 5) is 33.5. The van der Waals surface area contributed by atoms with Gasteiger partial charge in [-0.1, -0.05) is 6.07 Å². The summed E-state index contributed by atoms with van der Waals surface area (Å²) in [5.74, 6) is -2.02. The van der Waals surface area contributed by atoms with Crippen LogP contribution in [0.1, 0.15) is 23.0 Å². The molecule has 9 heteroatoms. The number of nitrogens with zero attached hydrogens (tertiary/aromatic N) is 3. The summed E-state index contributed by atoms with van der Waals surface area (Å²) in [6, 6.07) is 8.67. The van der Waals surface area contributed by atoms with E-state index in [1.165, 1.54) is 38.4 Å². The Balaban J connectivity index is 1.99. The Kier molecular flexibility index (Phi) is 4.63. The van der Waals surface area contributed by atoms with Crippen molar-refractivity contribution in [3.63, 3.8) is 0 Å². The Morgan fingerprint density at radius 3 is 2.78 bits per heavy atom. The van der Waals surface area contributed by atoms with Crippen molar-refractivity contribution in [2.24, 2.45) is 10.7 Å². The number of aliphatic hydroxyl groups excluding tert-OH is 1. The minimum Gasteiger partial charge on any atom is -0.380 e. The monoisotopic (exact) mass is 371 g/mol. The third-order valence-electron chi connectivity index (χ3n) is 4.45. The zero-order valence-electron chi connectivity index (χ0n) is 14.7. The molecule has 2 heterocycles. The highest BCUT2D eigenvalue weighted by Crippen LogP contribution is 2.36. The molecular formula is C18H18FN5O3. The summed E-state index contributed by atoms with van der Waals surface area (Å²) < 4.78 is 14.5. The van der Waals surface area contributed by atoms with Gasteiger partial charge in [-0.2, -0.15) is 0 Å². The predicted octanol–water partition coefficient (Wildman–Crippen LogP) is 0.836. The number of aliphatic hydroxyl groups is 1. The molecule has 0 bridgehead atoms. The van der Waals surface area contributed by atoms with Gasteiger partial charge < -0.3 is 16.2 Å². The zero-order chi connectivity index (χ0) is 19.8. The van der Waals surface area contributed by atoms with E-state index in [0.717, 1.165) is 11.0 Å². The smallest absolute Gasteiger partial charge is 0.274 e. The van der Waals surface area contributed by atoms with E-state index in [9.17, 15) is 19.1 Å². The van der Waals surface area contributed by atoms with Crippen molar-refractivity contribution >= 4 is 23.5 Å². The van der Waals surface area contributed by atoms with Crippen LogP contribution in [0.25, 0.3) is 0 Å². The third kappa shape index (κ3) is 3.24. The second kappa shape index (κ2) is 6.76. The summed E-state index contributed by atoms with van der Waals surface area (Å²) in [7, 11) is 1.36. The van der Waals surface area contributed by atoms with E-state index < -0.39 is 29.3 Å². The van der Waals surface area contributed by atoms with Crippen LogP contribution in [0.2, 0.25) is 0 Å². The van der Waals surface area contributed by atoms with Crippen LogP contribution in [0.4, 0.5) is 10.1 Å². The van der Waals surface area contributed by atoms with Gasteiger partial charge in [0.15, 0.2) is 12.1 Å². The zero-order valence-corrected chi connectivity index (χ0v) is 14.7. The molecule has 1 aromatic heterocycles. The second-order valence-corrected chi connectivity index (χ2v) is 6.28. The minimum absolute atomic E-state index is 0.0711. The number of halogens is 1. The quantitative estimate of drug-likeness (QED) is 0.738. The Hall–Kier alpha value is -3.33. The molecule has 2 amide bonds. The standard InChI is InChI=1S/C18H18FN5O3/c1-18(14(25)16(27)24(2)17(20)23-18)11-9-10(6-7-12(11)19)22-15(26)13-5-3-4-8-21-13/h3-9,14,25H,1-2H3,(H2,20,23)(H,22,26)/t14?,18-/m1/s1. The van der Waals surface area contributed by atoms with E-state index >= 15 is 0 Å². The number of carbonyl (C=O) groups is 2. The van der Waals surface area contributed by atoms with Gasteiger partial charge in [-0.25, -0.2) is 9.38 Å². The van der Waals surface area contributed by atoms with Gasteiger partial charge in [-0.15, -0.1) is 0 Å². The Labute approximate surface area is 154 Å². The van der Waals surface area contributed by atoms with Gasteiger partial charge in [-0.3, -0.25) is 19.5 Å². The lowest BCUT2D eigenvalue weighted by atomic mass is 9.84. The number of likely N-dealkylation sites (N-methyl/N-ethyl adjacent to an activating group) is 1. The van der Waals surface area contributed by atoms with Crippen LogP contribution in [0.3, 0.4) is 0 Å². The maximum Gasteiger partial charge on any atom is 0.274 e.